The molecule has 0 fully saturated rings. The zero-order valence-electron chi connectivity index (χ0n) is 14.3. The van der Waals surface area contributed by atoms with Crippen LogP contribution >= 0.6 is 0 Å². The largest absolute Gasteiger partial charge is 0.448 e. The highest BCUT2D eigenvalue weighted by molar-refractivity contribution is 7.89. The number of carbonyl (C=O) groups excluding carboxylic acids is 3. The van der Waals surface area contributed by atoms with Gasteiger partial charge < -0.3 is 10.5 Å². The molecule has 1 atom stereocenters. The first kappa shape index (κ1) is 20.6. The van der Waals surface area contributed by atoms with E-state index in [1.54, 1.807) is 13.8 Å². The summed E-state index contributed by atoms with van der Waals surface area (Å²) in [6.07, 6.45) is -1.22. The molecule has 3 amide bonds. The molecule has 1 aromatic rings. The number of hydrogen-bond donors (Lipinski definition) is 2. The van der Waals surface area contributed by atoms with E-state index >= 15 is 0 Å². The highest BCUT2D eigenvalue weighted by atomic mass is 32.2. The van der Waals surface area contributed by atoms with Gasteiger partial charge in [0.1, 0.15) is 0 Å². The van der Waals surface area contributed by atoms with Gasteiger partial charge in [0.15, 0.2) is 6.10 Å². The number of urea groups is 1. The van der Waals surface area contributed by atoms with Crippen LogP contribution in [-0.2, 0) is 19.6 Å². The van der Waals surface area contributed by atoms with Crippen LogP contribution in [0.25, 0.3) is 0 Å². The van der Waals surface area contributed by atoms with E-state index in [4.69, 9.17) is 10.5 Å². The van der Waals surface area contributed by atoms with Crippen molar-refractivity contribution in [3.05, 3.63) is 29.8 Å². The minimum absolute atomic E-state index is 0.0148. The van der Waals surface area contributed by atoms with Crippen LogP contribution in [0.2, 0.25) is 0 Å². The van der Waals surface area contributed by atoms with Crippen molar-refractivity contribution in [2.24, 2.45) is 11.7 Å². The van der Waals surface area contributed by atoms with Gasteiger partial charge in [0.2, 0.25) is 10.0 Å². The minimum Gasteiger partial charge on any atom is -0.448 e. The van der Waals surface area contributed by atoms with Gasteiger partial charge in [-0.2, -0.15) is 0 Å². The van der Waals surface area contributed by atoms with Crippen molar-refractivity contribution in [3.63, 3.8) is 0 Å². The summed E-state index contributed by atoms with van der Waals surface area (Å²) in [4.78, 5) is 34.8. The molecule has 3 N–H and O–H groups in total. The molecular weight excluding hydrogens is 350 g/mol. The fraction of sp³-hybridized carbons (Fsp3) is 0.400. The quantitative estimate of drug-likeness (QED) is 0.691. The highest BCUT2D eigenvalue weighted by Gasteiger charge is 2.28. The monoisotopic (exact) mass is 371 g/mol. The molecular formula is C15H21N3O6S. The Labute approximate surface area is 146 Å². The van der Waals surface area contributed by atoms with Crippen molar-refractivity contribution in [1.29, 1.82) is 0 Å². The predicted molar refractivity (Wildman–Crippen MR) is 89.1 cm³/mol. The van der Waals surface area contributed by atoms with E-state index in [0.29, 0.717) is 0 Å². The van der Waals surface area contributed by atoms with Gasteiger partial charge in [0.25, 0.3) is 5.91 Å². The summed E-state index contributed by atoms with van der Waals surface area (Å²) in [6.45, 7) is 3.26. The SMILES string of the molecule is CC(C)[C@H](OC(=O)c1ccc(S(=O)(=O)N(C)C)cc1)C(=O)NC(N)=O. The lowest BCUT2D eigenvalue weighted by Crippen LogP contribution is -2.45. The molecule has 0 saturated carbocycles. The summed E-state index contributed by atoms with van der Waals surface area (Å²) < 4.78 is 30.1. The molecule has 0 aliphatic heterocycles. The third kappa shape index (κ3) is 5.26. The molecule has 10 heteroatoms. The minimum atomic E-state index is -3.62. The zero-order valence-corrected chi connectivity index (χ0v) is 15.2. The Bertz CT molecular complexity index is 756. The molecule has 0 aliphatic rings. The molecule has 0 heterocycles. The molecule has 0 bridgehead atoms. The van der Waals surface area contributed by atoms with Crippen LogP contribution in [0.1, 0.15) is 24.2 Å². The summed E-state index contributed by atoms with van der Waals surface area (Å²) in [5.41, 5.74) is 4.95. The van der Waals surface area contributed by atoms with Gasteiger partial charge in [-0.1, -0.05) is 13.8 Å². The van der Waals surface area contributed by atoms with Crippen LogP contribution in [0.3, 0.4) is 0 Å². The molecule has 0 aromatic heterocycles. The van der Waals surface area contributed by atoms with Crippen LogP contribution in [0, 0.1) is 5.92 Å². The Kier molecular flexibility index (Phi) is 6.65. The molecule has 25 heavy (non-hydrogen) atoms. The van der Waals surface area contributed by atoms with Gasteiger partial charge in [-0.05, 0) is 30.2 Å². The lowest BCUT2D eigenvalue weighted by atomic mass is 10.1. The average Bonchev–Trinajstić information content (AvgIpc) is 2.51. The Morgan fingerprint density at radius 2 is 1.64 bits per heavy atom. The second-order valence-corrected chi connectivity index (χ2v) is 7.89. The third-order valence-electron chi connectivity index (χ3n) is 3.21. The van der Waals surface area contributed by atoms with Crippen LogP contribution < -0.4 is 11.1 Å². The number of carbonyl (C=O) groups is 3. The maximum atomic E-state index is 12.2. The number of sulfonamides is 1. The van der Waals surface area contributed by atoms with Gasteiger partial charge in [-0.3, -0.25) is 10.1 Å². The number of benzene rings is 1. The first-order valence-electron chi connectivity index (χ1n) is 7.30. The van der Waals surface area contributed by atoms with Crippen molar-refractivity contribution in [2.75, 3.05) is 14.1 Å². The Morgan fingerprint density at radius 3 is 2.04 bits per heavy atom. The van der Waals surface area contributed by atoms with E-state index < -0.39 is 40.0 Å². The normalized spacial score (nSPS) is 12.7. The number of hydrogen-bond acceptors (Lipinski definition) is 6. The van der Waals surface area contributed by atoms with E-state index in [0.717, 1.165) is 4.31 Å². The third-order valence-corrected chi connectivity index (χ3v) is 5.04. The van der Waals surface area contributed by atoms with E-state index in [1.807, 2.05) is 5.32 Å². The highest BCUT2D eigenvalue weighted by Crippen LogP contribution is 2.16. The van der Waals surface area contributed by atoms with Crippen LogP contribution in [0.4, 0.5) is 4.79 Å². The first-order chi connectivity index (χ1) is 11.5. The predicted octanol–water partition coefficient (Wildman–Crippen LogP) is 0.313. The number of amides is 3. The lowest BCUT2D eigenvalue weighted by molar-refractivity contribution is -0.130. The Morgan fingerprint density at radius 1 is 1.12 bits per heavy atom. The molecule has 9 nitrogen and oxygen atoms in total. The van der Waals surface area contributed by atoms with Crippen LogP contribution in [-0.4, -0.2) is 50.8 Å². The number of esters is 1. The van der Waals surface area contributed by atoms with Crippen molar-refractivity contribution in [1.82, 2.24) is 9.62 Å². The maximum absolute atomic E-state index is 12.2. The van der Waals surface area contributed by atoms with E-state index in [1.165, 1.54) is 38.4 Å². The smallest absolute Gasteiger partial charge is 0.338 e. The van der Waals surface area contributed by atoms with Crippen molar-refractivity contribution >= 4 is 27.9 Å². The van der Waals surface area contributed by atoms with Gasteiger partial charge in [0.05, 0.1) is 10.5 Å². The first-order valence-corrected chi connectivity index (χ1v) is 8.74. The van der Waals surface area contributed by atoms with Gasteiger partial charge in [-0.25, -0.2) is 22.3 Å². The average molecular weight is 371 g/mol. The summed E-state index contributed by atoms with van der Waals surface area (Å²) >= 11 is 0. The van der Waals surface area contributed by atoms with E-state index in [9.17, 15) is 22.8 Å². The molecule has 0 spiro atoms. The number of ether oxygens (including phenoxy) is 1. The molecule has 0 saturated heterocycles. The second-order valence-electron chi connectivity index (χ2n) is 5.74. The second kappa shape index (κ2) is 8.08. The van der Waals surface area contributed by atoms with Crippen molar-refractivity contribution in [2.45, 2.75) is 24.8 Å². The molecule has 0 unspecified atom stereocenters. The number of nitrogens with one attached hydrogen (secondary N) is 1. The fourth-order valence-electron chi connectivity index (χ4n) is 1.84. The molecule has 1 rings (SSSR count). The lowest BCUT2D eigenvalue weighted by Gasteiger charge is -2.20. The summed E-state index contributed by atoms with van der Waals surface area (Å²) in [7, 11) is -0.835. The van der Waals surface area contributed by atoms with Crippen molar-refractivity contribution in [3.8, 4) is 0 Å². The molecule has 0 aliphatic carbocycles. The molecule has 0 radical (unpaired) electrons. The number of primary amides is 1. The maximum Gasteiger partial charge on any atom is 0.338 e. The fourth-order valence-corrected chi connectivity index (χ4v) is 2.74. The van der Waals surface area contributed by atoms with Gasteiger partial charge >= 0.3 is 12.0 Å². The van der Waals surface area contributed by atoms with E-state index in [2.05, 4.69) is 0 Å². The van der Waals surface area contributed by atoms with Crippen molar-refractivity contribution < 1.29 is 27.5 Å². The van der Waals surface area contributed by atoms with Gasteiger partial charge in [-0.15, -0.1) is 0 Å². The topological polar surface area (TPSA) is 136 Å². The number of imide groups is 1. The Balaban J connectivity index is 2.96. The summed E-state index contributed by atoms with van der Waals surface area (Å²) in [6, 6.07) is 4.04. The standard InChI is InChI=1S/C15H21N3O6S/c1-9(2)12(13(19)17-15(16)21)24-14(20)10-5-7-11(8-6-10)25(22,23)18(3)4/h5-9,12H,1-4H3,(H3,16,17,19,21)/t12-/m0/s1. The summed E-state index contributed by atoms with van der Waals surface area (Å²) in [5, 5.41) is 1.86. The molecule has 138 valence electrons. The zero-order chi connectivity index (χ0) is 19.4. The van der Waals surface area contributed by atoms with Crippen LogP contribution in [0.5, 0.6) is 0 Å². The van der Waals surface area contributed by atoms with Crippen LogP contribution in [0.15, 0.2) is 29.2 Å². The Hall–Kier alpha value is -2.46. The number of nitrogens with two attached hydrogens (primary N) is 1. The van der Waals surface area contributed by atoms with Gasteiger partial charge in [0, 0.05) is 14.1 Å². The molecule has 1 aromatic carbocycles. The summed E-state index contributed by atoms with van der Waals surface area (Å²) in [5.74, 6) is -2.06. The number of rotatable bonds is 6. The number of nitrogens with zero attached hydrogens (tertiary/aromatic N) is 1. The van der Waals surface area contributed by atoms with E-state index in [-0.39, 0.29) is 10.5 Å².